The summed E-state index contributed by atoms with van der Waals surface area (Å²) in [6, 6.07) is 13.8. The predicted octanol–water partition coefficient (Wildman–Crippen LogP) is 7.30. The Morgan fingerprint density at radius 3 is 2.49 bits per heavy atom. The molecule has 184 valence electrons. The number of thiophene rings is 1. The van der Waals surface area contributed by atoms with E-state index in [2.05, 4.69) is 4.98 Å². The number of ether oxygens (including phenoxy) is 2. The molecule has 1 amide bonds. The number of fused-ring (bicyclic) bond motifs is 3. The largest absolute Gasteiger partial charge is 0.476 e. The maximum absolute atomic E-state index is 12.6. The smallest absolute Gasteiger partial charge is 0.410 e. The lowest BCUT2D eigenvalue weighted by molar-refractivity contribution is 0.0215. The molecule has 2 heterocycles. The number of hydrogen-bond donors (Lipinski definition) is 1. The molecule has 4 aromatic rings. The highest BCUT2D eigenvalue weighted by Crippen LogP contribution is 2.38. The van der Waals surface area contributed by atoms with E-state index in [1.54, 1.807) is 11.9 Å². The first-order chi connectivity index (χ1) is 16.6. The van der Waals surface area contributed by atoms with Crippen molar-refractivity contribution in [1.29, 1.82) is 0 Å². The lowest BCUT2D eigenvalue weighted by atomic mass is 9.95. The molecule has 0 aliphatic heterocycles. The molecule has 0 bridgehead atoms. The highest BCUT2D eigenvalue weighted by atomic mass is 35.5. The summed E-state index contributed by atoms with van der Waals surface area (Å²) < 4.78 is 11.8. The van der Waals surface area contributed by atoms with Crippen molar-refractivity contribution in [3.63, 3.8) is 0 Å². The van der Waals surface area contributed by atoms with Crippen molar-refractivity contribution in [2.45, 2.75) is 45.8 Å². The summed E-state index contributed by atoms with van der Waals surface area (Å²) in [6.45, 7) is 7.63. The number of alkyl halides is 1. The van der Waals surface area contributed by atoms with Crippen LogP contribution in [-0.4, -0.2) is 34.7 Å². The molecule has 8 heteroatoms. The fourth-order valence-electron chi connectivity index (χ4n) is 4.34. The van der Waals surface area contributed by atoms with Crippen molar-refractivity contribution < 1.29 is 14.3 Å². The molecule has 2 aromatic heterocycles. The average Bonchev–Trinajstić information content (AvgIpc) is 3.30. The molecular formula is C27H29ClN2O4S. The maximum Gasteiger partial charge on any atom is 0.410 e. The first kappa shape index (κ1) is 25.1. The van der Waals surface area contributed by atoms with Crippen LogP contribution in [-0.2, 0) is 4.74 Å². The first-order valence-corrected chi connectivity index (χ1v) is 12.9. The molecule has 0 spiro atoms. The van der Waals surface area contributed by atoms with Crippen LogP contribution in [0.4, 0.5) is 4.79 Å². The number of aromatic nitrogens is 1. The van der Waals surface area contributed by atoms with Crippen molar-refractivity contribution in [2.24, 2.45) is 0 Å². The first-order valence-electron chi connectivity index (χ1n) is 11.5. The third kappa shape index (κ3) is 5.02. The normalized spacial score (nSPS) is 12.6. The van der Waals surface area contributed by atoms with Gasteiger partial charge in [0.15, 0.2) is 6.07 Å². The zero-order chi connectivity index (χ0) is 25.3. The van der Waals surface area contributed by atoms with Gasteiger partial charge in [-0.05, 0) is 67.5 Å². The number of H-pyrrole nitrogens is 1. The molecule has 1 atom stereocenters. The van der Waals surface area contributed by atoms with Crippen LogP contribution in [0.25, 0.3) is 32.1 Å². The summed E-state index contributed by atoms with van der Waals surface area (Å²) >= 11 is 7.24. The quantitative estimate of drug-likeness (QED) is 0.275. The molecule has 1 N–H and O–H groups in total. The van der Waals surface area contributed by atoms with E-state index < -0.39 is 5.60 Å². The van der Waals surface area contributed by atoms with Crippen molar-refractivity contribution in [3.8, 4) is 16.9 Å². The minimum Gasteiger partial charge on any atom is -0.476 e. The fourth-order valence-corrected chi connectivity index (χ4v) is 5.25. The molecule has 35 heavy (non-hydrogen) atoms. The van der Waals surface area contributed by atoms with Gasteiger partial charge in [-0.15, -0.1) is 11.3 Å². The second-order valence-electron chi connectivity index (χ2n) is 9.37. The van der Waals surface area contributed by atoms with E-state index in [0.717, 1.165) is 33.9 Å². The maximum atomic E-state index is 12.6. The van der Waals surface area contributed by atoms with Gasteiger partial charge in [-0.3, -0.25) is 4.79 Å². The van der Waals surface area contributed by atoms with Gasteiger partial charge in [-0.25, -0.2) is 4.79 Å². The number of carbonyl (C=O) groups excluding carboxylic acids is 1. The van der Waals surface area contributed by atoms with Crippen molar-refractivity contribution in [2.75, 3.05) is 13.1 Å². The van der Waals surface area contributed by atoms with Gasteiger partial charge in [0.05, 0.1) is 11.6 Å². The summed E-state index contributed by atoms with van der Waals surface area (Å²) in [4.78, 5) is 29.9. The van der Waals surface area contributed by atoms with E-state index in [0.29, 0.717) is 16.0 Å². The van der Waals surface area contributed by atoms with Crippen molar-refractivity contribution in [3.05, 3.63) is 63.8 Å². The van der Waals surface area contributed by atoms with Gasteiger partial charge in [0.25, 0.3) is 5.56 Å². The summed E-state index contributed by atoms with van der Waals surface area (Å²) in [6.07, 6.45) is 0.400. The predicted molar refractivity (Wildman–Crippen MR) is 144 cm³/mol. The summed E-state index contributed by atoms with van der Waals surface area (Å²) in [5, 5.41) is 3.71. The fraction of sp³-hybridized carbons (Fsp3) is 0.333. The number of aromatic amines is 1. The van der Waals surface area contributed by atoms with Gasteiger partial charge in [-0.1, -0.05) is 42.8 Å². The lowest BCUT2D eigenvalue weighted by Crippen LogP contribution is -2.36. The summed E-state index contributed by atoms with van der Waals surface area (Å²) in [5.74, 6) is 0.533. The van der Waals surface area contributed by atoms with Gasteiger partial charge in [0, 0.05) is 17.8 Å². The Bertz CT molecular complexity index is 1420. The molecule has 0 aliphatic carbocycles. The van der Waals surface area contributed by atoms with Crippen molar-refractivity contribution in [1.82, 2.24) is 9.88 Å². The van der Waals surface area contributed by atoms with Gasteiger partial charge in [0.1, 0.15) is 16.1 Å². The molecule has 6 nitrogen and oxygen atoms in total. The SMILES string of the molecule is CCC(c1ccc(-c2ccc(OCCl)c3[nH]c(=O)c4sccc4c23)cc1)N(C)C(=O)OC(C)(C)C. The Labute approximate surface area is 213 Å². The lowest BCUT2D eigenvalue weighted by Gasteiger charge is -2.30. The number of rotatable bonds is 6. The molecular weight excluding hydrogens is 484 g/mol. The van der Waals surface area contributed by atoms with Gasteiger partial charge < -0.3 is 19.4 Å². The molecule has 0 saturated carbocycles. The number of amides is 1. The molecule has 0 aliphatic rings. The topological polar surface area (TPSA) is 71.6 Å². The van der Waals surface area contributed by atoms with Crippen LogP contribution in [0.2, 0.25) is 0 Å². The Balaban J connectivity index is 1.76. The Morgan fingerprint density at radius 2 is 1.86 bits per heavy atom. The number of benzene rings is 2. The van der Waals surface area contributed by atoms with E-state index >= 15 is 0 Å². The van der Waals surface area contributed by atoms with Crippen LogP contribution < -0.4 is 10.3 Å². The van der Waals surface area contributed by atoms with Gasteiger partial charge >= 0.3 is 6.09 Å². The van der Waals surface area contributed by atoms with Crippen molar-refractivity contribution >= 4 is 50.0 Å². The van der Waals surface area contributed by atoms with Gasteiger partial charge in [0.2, 0.25) is 0 Å². The number of pyridine rings is 1. The van der Waals surface area contributed by atoms with E-state index in [-0.39, 0.29) is 23.8 Å². The number of hydrogen-bond acceptors (Lipinski definition) is 5. The summed E-state index contributed by atoms with van der Waals surface area (Å²) in [7, 11) is 1.77. The number of carbonyl (C=O) groups is 1. The van der Waals surface area contributed by atoms with E-state index in [1.165, 1.54) is 11.3 Å². The molecule has 0 saturated heterocycles. The molecule has 1 unspecified atom stereocenters. The van der Waals surface area contributed by atoms with Crippen LogP contribution in [0.1, 0.15) is 45.7 Å². The Morgan fingerprint density at radius 1 is 1.14 bits per heavy atom. The second kappa shape index (κ2) is 9.91. The second-order valence-corrected chi connectivity index (χ2v) is 10.5. The third-order valence-corrected chi connectivity index (χ3v) is 6.92. The Hall–Kier alpha value is -3.03. The van der Waals surface area contributed by atoms with E-state index in [4.69, 9.17) is 21.1 Å². The zero-order valence-corrected chi connectivity index (χ0v) is 22.0. The standard InChI is InChI=1S/C27H29ClN2O4S/c1-6-20(30(5)26(32)34-27(2,3)4)17-9-7-16(8-10-17)18-11-12-21(33-15-28)23-22(18)19-13-14-35-24(19)25(31)29-23/h7-14,20H,6,15H2,1-5H3,(H,29,31). The highest BCUT2D eigenvalue weighted by Gasteiger charge is 2.25. The number of nitrogens with one attached hydrogen (secondary N) is 1. The monoisotopic (exact) mass is 512 g/mol. The van der Waals surface area contributed by atoms with E-state index in [9.17, 15) is 9.59 Å². The van der Waals surface area contributed by atoms with E-state index in [1.807, 2.05) is 75.5 Å². The van der Waals surface area contributed by atoms with Crippen LogP contribution in [0.5, 0.6) is 5.75 Å². The molecule has 0 radical (unpaired) electrons. The van der Waals surface area contributed by atoms with Crippen LogP contribution in [0.15, 0.2) is 52.6 Å². The van der Waals surface area contributed by atoms with Crippen LogP contribution >= 0.6 is 22.9 Å². The molecule has 0 fully saturated rings. The third-order valence-electron chi connectivity index (χ3n) is 5.90. The Kier molecular flexibility index (Phi) is 7.10. The van der Waals surface area contributed by atoms with Crippen LogP contribution in [0.3, 0.4) is 0 Å². The average molecular weight is 513 g/mol. The summed E-state index contributed by atoms with van der Waals surface area (Å²) in [5.41, 5.74) is 2.91. The highest BCUT2D eigenvalue weighted by molar-refractivity contribution is 7.17. The molecule has 4 rings (SSSR count). The number of halogens is 1. The number of nitrogens with zero attached hydrogens (tertiary/aromatic N) is 1. The van der Waals surface area contributed by atoms with Gasteiger partial charge in [-0.2, -0.15) is 0 Å². The minimum atomic E-state index is -0.554. The minimum absolute atomic E-state index is 0.0174. The molecule has 2 aromatic carbocycles. The van der Waals surface area contributed by atoms with Crippen LogP contribution in [0, 0.1) is 0 Å². The zero-order valence-electron chi connectivity index (χ0n) is 20.5.